The molecule has 0 spiro atoms. The van der Waals surface area contributed by atoms with E-state index in [-0.39, 0.29) is 6.54 Å². The molecular formula is C14H10BrF3N2O. The topological polar surface area (TPSA) is 42.0 Å². The second-order valence-corrected chi connectivity index (χ2v) is 5.19. The van der Waals surface area contributed by atoms with E-state index in [1.807, 2.05) is 0 Å². The number of benzene rings is 1. The van der Waals surface area contributed by atoms with Crippen LogP contribution in [0.15, 0.2) is 47.2 Å². The van der Waals surface area contributed by atoms with Gasteiger partial charge in [0.05, 0.1) is 11.1 Å². The highest BCUT2D eigenvalue weighted by molar-refractivity contribution is 9.10. The summed E-state index contributed by atoms with van der Waals surface area (Å²) in [6.07, 6.45) is -1.48. The van der Waals surface area contributed by atoms with E-state index in [4.69, 9.17) is 0 Å². The summed E-state index contributed by atoms with van der Waals surface area (Å²) < 4.78 is 38.4. The lowest BCUT2D eigenvalue weighted by molar-refractivity contribution is -0.137. The maximum absolute atomic E-state index is 12.6. The van der Waals surface area contributed by atoms with Crippen LogP contribution >= 0.6 is 15.9 Å². The molecule has 0 aliphatic rings. The Kier molecular flexibility index (Phi) is 4.62. The minimum absolute atomic E-state index is 0.00919. The summed E-state index contributed by atoms with van der Waals surface area (Å²) in [5.41, 5.74) is -0.0316. The lowest BCUT2D eigenvalue weighted by atomic mass is 10.1. The van der Waals surface area contributed by atoms with Crippen molar-refractivity contribution in [1.29, 1.82) is 0 Å². The first-order chi connectivity index (χ1) is 9.86. The average molecular weight is 359 g/mol. The van der Waals surface area contributed by atoms with Gasteiger partial charge in [0.2, 0.25) is 0 Å². The number of nitrogens with one attached hydrogen (secondary N) is 1. The van der Waals surface area contributed by atoms with Crippen molar-refractivity contribution in [3.63, 3.8) is 0 Å². The summed E-state index contributed by atoms with van der Waals surface area (Å²) in [5.74, 6) is -0.402. The van der Waals surface area contributed by atoms with Gasteiger partial charge in [0.25, 0.3) is 5.91 Å². The fourth-order valence-electron chi connectivity index (χ4n) is 1.68. The van der Waals surface area contributed by atoms with E-state index in [1.54, 1.807) is 6.07 Å². The van der Waals surface area contributed by atoms with Gasteiger partial charge in [0.15, 0.2) is 0 Å². The highest BCUT2D eigenvalue weighted by atomic mass is 79.9. The molecule has 0 bridgehead atoms. The first-order valence-corrected chi connectivity index (χ1v) is 6.70. The zero-order valence-electron chi connectivity index (χ0n) is 10.6. The number of rotatable bonds is 3. The maximum atomic E-state index is 12.6. The predicted octanol–water partition coefficient (Wildman–Crippen LogP) is 3.79. The van der Waals surface area contributed by atoms with Gasteiger partial charge < -0.3 is 5.32 Å². The second-order valence-electron chi connectivity index (χ2n) is 4.27. The highest BCUT2D eigenvalue weighted by Crippen LogP contribution is 2.29. The number of hydrogen-bond acceptors (Lipinski definition) is 2. The van der Waals surface area contributed by atoms with Crippen molar-refractivity contribution < 1.29 is 18.0 Å². The molecule has 2 aromatic rings. The molecule has 1 heterocycles. The number of halogens is 4. The third-order valence-electron chi connectivity index (χ3n) is 2.67. The molecule has 21 heavy (non-hydrogen) atoms. The number of alkyl halides is 3. The first-order valence-electron chi connectivity index (χ1n) is 5.91. The summed E-state index contributed by atoms with van der Waals surface area (Å²) in [5, 5.41) is 2.55. The molecule has 0 saturated heterocycles. The van der Waals surface area contributed by atoms with Crippen LogP contribution in [0.25, 0.3) is 0 Å². The van der Waals surface area contributed by atoms with Gasteiger partial charge in [-0.25, -0.2) is 0 Å². The van der Waals surface area contributed by atoms with E-state index in [0.717, 1.165) is 12.1 Å². The molecule has 0 aliphatic heterocycles. The molecule has 0 unspecified atom stereocenters. The molecule has 110 valence electrons. The Labute approximate surface area is 127 Å². The molecule has 1 aromatic heterocycles. The summed E-state index contributed by atoms with van der Waals surface area (Å²) >= 11 is 3.19. The summed E-state index contributed by atoms with van der Waals surface area (Å²) in [6.45, 7) is 0.00919. The normalized spacial score (nSPS) is 11.2. The fraction of sp³-hybridized carbons (Fsp3) is 0.143. The zero-order valence-corrected chi connectivity index (χ0v) is 12.2. The van der Waals surface area contributed by atoms with E-state index < -0.39 is 17.6 Å². The number of carbonyl (C=O) groups is 1. The Morgan fingerprint density at radius 3 is 2.67 bits per heavy atom. The monoisotopic (exact) mass is 358 g/mol. The van der Waals surface area contributed by atoms with E-state index in [1.165, 1.54) is 24.5 Å². The molecule has 0 fully saturated rings. The van der Waals surface area contributed by atoms with Crippen LogP contribution in [0, 0.1) is 0 Å². The smallest absolute Gasteiger partial charge is 0.348 e. The Hall–Kier alpha value is -1.89. The van der Waals surface area contributed by atoms with E-state index in [0.29, 0.717) is 15.6 Å². The van der Waals surface area contributed by atoms with E-state index in [2.05, 4.69) is 26.2 Å². The van der Waals surface area contributed by atoms with Gasteiger partial charge in [-0.3, -0.25) is 9.78 Å². The van der Waals surface area contributed by atoms with Crippen LogP contribution in [0.4, 0.5) is 13.2 Å². The Morgan fingerprint density at radius 1 is 1.24 bits per heavy atom. The van der Waals surface area contributed by atoms with Gasteiger partial charge in [-0.05, 0) is 39.7 Å². The van der Waals surface area contributed by atoms with Crippen molar-refractivity contribution in [2.24, 2.45) is 0 Å². The first kappa shape index (κ1) is 15.5. The summed E-state index contributed by atoms with van der Waals surface area (Å²) in [6, 6.07) is 6.41. The molecule has 1 N–H and O–H groups in total. The van der Waals surface area contributed by atoms with Gasteiger partial charge in [0, 0.05) is 23.4 Å². The number of aromatic nitrogens is 1. The Morgan fingerprint density at radius 2 is 2.00 bits per heavy atom. The summed E-state index contributed by atoms with van der Waals surface area (Å²) in [7, 11) is 0. The molecule has 0 radical (unpaired) electrons. The van der Waals surface area contributed by atoms with Crippen molar-refractivity contribution in [3.8, 4) is 0 Å². The van der Waals surface area contributed by atoms with Crippen molar-refractivity contribution in [3.05, 3.63) is 63.9 Å². The molecular weight excluding hydrogens is 349 g/mol. The van der Waals surface area contributed by atoms with Gasteiger partial charge in [0.1, 0.15) is 0 Å². The fourth-order valence-corrected chi connectivity index (χ4v) is 2.04. The minimum Gasteiger partial charge on any atom is -0.348 e. The number of nitrogens with zero attached hydrogens (tertiary/aromatic N) is 1. The molecule has 3 nitrogen and oxygen atoms in total. The van der Waals surface area contributed by atoms with Crippen LogP contribution in [0.5, 0.6) is 0 Å². The summed E-state index contributed by atoms with van der Waals surface area (Å²) in [4.78, 5) is 15.7. The quantitative estimate of drug-likeness (QED) is 0.906. The maximum Gasteiger partial charge on any atom is 0.416 e. The van der Waals surface area contributed by atoms with Crippen LogP contribution in [-0.2, 0) is 12.7 Å². The van der Waals surface area contributed by atoms with Gasteiger partial charge >= 0.3 is 6.18 Å². The standard InChI is InChI=1S/C14H10BrF3N2O/c15-12-5-10(7-19-8-12)13(21)20-6-9-2-1-3-11(4-9)14(16,17)18/h1-5,7-8H,6H2,(H,20,21). The van der Waals surface area contributed by atoms with Gasteiger partial charge in [-0.2, -0.15) is 13.2 Å². The molecule has 1 aromatic carbocycles. The SMILES string of the molecule is O=C(NCc1cccc(C(F)(F)F)c1)c1cncc(Br)c1. The van der Waals surface area contributed by atoms with Crippen LogP contribution in [0.1, 0.15) is 21.5 Å². The largest absolute Gasteiger partial charge is 0.416 e. The number of hydrogen-bond donors (Lipinski definition) is 1. The van der Waals surface area contributed by atoms with E-state index >= 15 is 0 Å². The number of carbonyl (C=O) groups excluding carboxylic acids is 1. The lowest BCUT2D eigenvalue weighted by Gasteiger charge is -2.09. The van der Waals surface area contributed by atoms with Crippen LogP contribution in [0.3, 0.4) is 0 Å². The Bertz CT molecular complexity index is 659. The molecule has 2 rings (SSSR count). The highest BCUT2D eigenvalue weighted by Gasteiger charge is 2.30. The molecule has 1 amide bonds. The predicted molar refractivity (Wildman–Crippen MR) is 74.6 cm³/mol. The number of amides is 1. The van der Waals surface area contributed by atoms with Crippen molar-refractivity contribution >= 4 is 21.8 Å². The van der Waals surface area contributed by atoms with Gasteiger partial charge in [-0.15, -0.1) is 0 Å². The molecule has 7 heteroatoms. The second kappa shape index (κ2) is 6.26. The number of pyridine rings is 1. The lowest BCUT2D eigenvalue weighted by Crippen LogP contribution is -2.23. The van der Waals surface area contributed by atoms with Crippen molar-refractivity contribution in [2.45, 2.75) is 12.7 Å². The van der Waals surface area contributed by atoms with Crippen LogP contribution in [0.2, 0.25) is 0 Å². The molecule has 0 saturated carbocycles. The third kappa shape index (κ3) is 4.29. The van der Waals surface area contributed by atoms with Gasteiger partial charge in [-0.1, -0.05) is 12.1 Å². The third-order valence-corrected chi connectivity index (χ3v) is 3.11. The average Bonchev–Trinajstić information content (AvgIpc) is 2.44. The van der Waals surface area contributed by atoms with Crippen molar-refractivity contribution in [1.82, 2.24) is 10.3 Å². The van der Waals surface area contributed by atoms with Crippen molar-refractivity contribution in [2.75, 3.05) is 0 Å². The molecule has 0 aliphatic carbocycles. The minimum atomic E-state index is -4.39. The van der Waals surface area contributed by atoms with E-state index in [9.17, 15) is 18.0 Å². The zero-order chi connectivity index (χ0) is 15.5. The van der Waals surface area contributed by atoms with Crippen LogP contribution in [-0.4, -0.2) is 10.9 Å². The molecule has 0 atom stereocenters. The van der Waals surface area contributed by atoms with Crippen LogP contribution < -0.4 is 5.32 Å². The Balaban J connectivity index is 2.05.